The highest BCUT2D eigenvalue weighted by Gasteiger charge is 2.13. The number of nitro benzene ring substituents is 1. The first-order valence-corrected chi connectivity index (χ1v) is 5.15. The Labute approximate surface area is 93.2 Å². The third-order valence-electron chi connectivity index (χ3n) is 2.12. The van der Waals surface area contributed by atoms with Crippen LogP contribution in [0.3, 0.4) is 0 Å². The van der Waals surface area contributed by atoms with Gasteiger partial charge in [-0.1, -0.05) is 13.3 Å². The van der Waals surface area contributed by atoms with Crippen LogP contribution in [0.4, 0.5) is 10.1 Å². The van der Waals surface area contributed by atoms with E-state index >= 15 is 0 Å². The predicted molar refractivity (Wildman–Crippen MR) is 57.6 cm³/mol. The maximum atomic E-state index is 13.2. The molecule has 0 spiro atoms. The van der Waals surface area contributed by atoms with Gasteiger partial charge in [-0.15, -0.1) is 0 Å². The van der Waals surface area contributed by atoms with E-state index in [1.54, 1.807) is 0 Å². The molecule has 4 nitrogen and oxygen atoms in total. The molecule has 88 valence electrons. The molecule has 0 aromatic heterocycles. The van der Waals surface area contributed by atoms with Crippen molar-refractivity contribution < 1.29 is 14.1 Å². The van der Waals surface area contributed by atoms with Gasteiger partial charge in [-0.3, -0.25) is 10.1 Å². The standard InChI is InChI=1S/C11H14FNO3/c1-2-3-6-16-8-9-4-5-11(13(14)15)10(12)7-9/h4-5,7H,2-3,6,8H2,1H3. The van der Waals surface area contributed by atoms with Gasteiger partial charge in [0.05, 0.1) is 11.5 Å². The number of hydrogen-bond donors (Lipinski definition) is 0. The van der Waals surface area contributed by atoms with Crippen LogP contribution in [0.2, 0.25) is 0 Å². The Hall–Kier alpha value is -1.49. The van der Waals surface area contributed by atoms with E-state index in [0.717, 1.165) is 25.0 Å². The van der Waals surface area contributed by atoms with Crippen molar-refractivity contribution in [2.24, 2.45) is 0 Å². The van der Waals surface area contributed by atoms with Crippen molar-refractivity contribution in [1.82, 2.24) is 0 Å². The van der Waals surface area contributed by atoms with Gasteiger partial charge in [0.25, 0.3) is 0 Å². The molecular formula is C11H14FNO3. The number of halogens is 1. The number of hydrogen-bond acceptors (Lipinski definition) is 3. The fourth-order valence-electron chi connectivity index (χ4n) is 1.22. The molecule has 0 heterocycles. The van der Waals surface area contributed by atoms with Gasteiger partial charge in [0.1, 0.15) is 0 Å². The molecule has 0 aliphatic rings. The molecule has 16 heavy (non-hydrogen) atoms. The molecule has 1 aromatic carbocycles. The summed E-state index contributed by atoms with van der Waals surface area (Å²) in [6.07, 6.45) is 1.99. The summed E-state index contributed by atoms with van der Waals surface area (Å²) < 4.78 is 18.5. The third kappa shape index (κ3) is 3.58. The van der Waals surface area contributed by atoms with Crippen LogP contribution in [0.5, 0.6) is 0 Å². The van der Waals surface area contributed by atoms with Gasteiger partial charge in [0.15, 0.2) is 0 Å². The van der Waals surface area contributed by atoms with E-state index in [9.17, 15) is 14.5 Å². The summed E-state index contributed by atoms with van der Waals surface area (Å²) in [6, 6.07) is 3.81. The minimum Gasteiger partial charge on any atom is -0.377 e. The number of nitrogens with zero attached hydrogens (tertiary/aromatic N) is 1. The average molecular weight is 227 g/mol. The molecule has 0 aliphatic carbocycles. The van der Waals surface area contributed by atoms with Gasteiger partial charge in [-0.05, 0) is 24.1 Å². The molecule has 0 aliphatic heterocycles. The van der Waals surface area contributed by atoms with Crippen LogP contribution in [-0.2, 0) is 11.3 Å². The van der Waals surface area contributed by atoms with Crippen LogP contribution in [0.25, 0.3) is 0 Å². The van der Waals surface area contributed by atoms with Gasteiger partial charge in [-0.25, -0.2) is 0 Å². The molecule has 0 amide bonds. The van der Waals surface area contributed by atoms with Gasteiger partial charge in [0.2, 0.25) is 5.82 Å². The van der Waals surface area contributed by atoms with Crippen molar-refractivity contribution in [1.29, 1.82) is 0 Å². The van der Waals surface area contributed by atoms with Crippen LogP contribution in [0, 0.1) is 15.9 Å². The van der Waals surface area contributed by atoms with E-state index in [4.69, 9.17) is 4.74 Å². The van der Waals surface area contributed by atoms with E-state index in [2.05, 4.69) is 6.92 Å². The lowest BCUT2D eigenvalue weighted by molar-refractivity contribution is -0.387. The van der Waals surface area contributed by atoms with E-state index in [0.29, 0.717) is 12.2 Å². The van der Waals surface area contributed by atoms with Crippen molar-refractivity contribution in [3.8, 4) is 0 Å². The lowest BCUT2D eigenvalue weighted by Gasteiger charge is -2.03. The van der Waals surface area contributed by atoms with Crippen LogP contribution >= 0.6 is 0 Å². The van der Waals surface area contributed by atoms with Gasteiger partial charge >= 0.3 is 5.69 Å². The summed E-state index contributed by atoms with van der Waals surface area (Å²) >= 11 is 0. The molecule has 0 saturated carbocycles. The van der Waals surface area contributed by atoms with E-state index < -0.39 is 16.4 Å². The highest BCUT2D eigenvalue weighted by Crippen LogP contribution is 2.18. The van der Waals surface area contributed by atoms with Crippen LogP contribution in [0.15, 0.2) is 18.2 Å². The smallest absolute Gasteiger partial charge is 0.304 e. The zero-order chi connectivity index (χ0) is 12.0. The number of unbranched alkanes of at least 4 members (excludes halogenated alkanes) is 1. The van der Waals surface area contributed by atoms with Crippen molar-refractivity contribution >= 4 is 5.69 Å². The van der Waals surface area contributed by atoms with Crippen molar-refractivity contribution in [3.05, 3.63) is 39.7 Å². The minimum absolute atomic E-state index is 0.287. The van der Waals surface area contributed by atoms with E-state index in [-0.39, 0.29) is 6.61 Å². The Kier molecular flexibility index (Phi) is 4.85. The minimum atomic E-state index is -0.818. The maximum absolute atomic E-state index is 13.2. The predicted octanol–water partition coefficient (Wildman–Crippen LogP) is 3.05. The SMILES string of the molecule is CCCCOCc1ccc([N+](=O)[O-])c(F)c1. The molecular weight excluding hydrogens is 213 g/mol. The first kappa shape index (κ1) is 12.6. The number of benzene rings is 1. The zero-order valence-corrected chi connectivity index (χ0v) is 9.11. The lowest BCUT2D eigenvalue weighted by Crippen LogP contribution is -1.98. The fraction of sp³-hybridized carbons (Fsp3) is 0.455. The van der Waals surface area contributed by atoms with Crippen LogP contribution in [-0.4, -0.2) is 11.5 Å². The second-order valence-electron chi connectivity index (χ2n) is 3.45. The summed E-state index contributed by atoms with van der Waals surface area (Å²) in [5.41, 5.74) is 0.108. The molecule has 0 bridgehead atoms. The summed E-state index contributed by atoms with van der Waals surface area (Å²) in [7, 11) is 0. The molecule has 1 aromatic rings. The first-order valence-electron chi connectivity index (χ1n) is 5.15. The molecule has 1 rings (SSSR count). The number of nitro groups is 1. The zero-order valence-electron chi connectivity index (χ0n) is 9.11. The van der Waals surface area contributed by atoms with Crippen LogP contribution < -0.4 is 0 Å². The Morgan fingerprint density at radius 1 is 1.50 bits per heavy atom. The monoisotopic (exact) mass is 227 g/mol. The van der Waals surface area contributed by atoms with E-state index in [1.165, 1.54) is 6.07 Å². The lowest BCUT2D eigenvalue weighted by atomic mass is 10.2. The Morgan fingerprint density at radius 2 is 2.25 bits per heavy atom. The van der Waals surface area contributed by atoms with Gasteiger partial charge < -0.3 is 4.74 Å². The summed E-state index contributed by atoms with van der Waals surface area (Å²) in [5, 5.41) is 10.4. The topological polar surface area (TPSA) is 52.4 Å². The molecule has 0 N–H and O–H groups in total. The summed E-state index contributed by atoms with van der Waals surface area (Å²) in [6.45, 7) is 2.96. The molecule has 5 heteroatoms. The molecule has 0 atom stereocenters. The van der Waals surface area contributed by atoms with Crippen molar-refractivity contribution in [2.45, 2.75) is 26.4 Å². The molecule has 0 fully saturated rings. The molecule has 0 radical (unpaired) electrons. The fourth-order valence-corrected chi connectivity index (χ4v) is 1.22. The van der Waals surface area contributed by atoms with Gasteiger partial charge in [-0.2, -0.15) is 4.39 Å². The number of ether oxygens (including phenoxy) is 1. The molecule has 0 unspecified atom stereocenters. The van der Waals surface area contributed by atoms with E-state index in [1.807, 2.05) is 0 Å². The summed E-state index contributed by atoms with van der Waals surface area (Å²) in [4.78, 5) is 9.63. The third-order valence-corrected chi connectivity index (χ3v) is 2.12. The second-order valence-corrected chi connectivity index (χ2v) is 3.45. The Bertz CT molecular complexity index is 368. The Morgan fingerprint density at radius 3 is 2.81 bits per heavy atom. The van der Waals surface area contributed by atoms with Crippen molar-refractivity contribution in [3.63, 3.8) is 0 Å². The first-order chi connectivity index (χ1) is 7.65. The number of rotatable bonds is 6. The summed E-state index contributed by atoms with van der Waals surface area (Å²) in [5.74, 6) is -0.818. The highest BCUT2D eigenvalue weighted by atomic mass is 19.1. The van der Waals surface area contributed by atoms with Gasteiger partial charge in [0, 0.05) is 12.7 Å². The maximum Gasteiger partial charge on any atom is 0.304 e. The highest BCUT2D eigenvalue weighted by molar-refractivity contribution is 5.34. The normalized spacial score (nSPS) is 10.4. The van der Waals surface area contributed by atoms with Crippen molar-refractivity contribution in [2.75, 3.05) is 6.61 Å². The molecule has 0 saturated heterocycles. The largest absolute Gasteiger partial charge is 0.377 e. The second kappa shape index (κ2) is 6.17. The van der Waals surface area contributed by atoms with Crippen LogP contribution in [0.1, 0.15) is 25.3 Å². The average Bonchev–Trinajstić information content (AvgIpc) is 2.24. The quantitative estimate of drug-likeness (QED) is 0.426. The Balaban J connectivity index is 2.56.